The first-order valence-corrected chi connectivity index (χ1v) is 7.93. The van der Waals surface area contributed by atoms with Gasteiger partial charge in [0.1, 0.15) is 0 Å². The van der Waals surface area contributed by atoms with E-state index in [9.17, 15) is 0 Å². The Bertz CT molecular complexity index is 203. The maximum absolute atomic E-state index is 3.38. The predicted octanol–water partition coefficient (Wildman–Crippen LogP) is 3.52. The standard InChI is InChI=1S/C16H34N2/c1-5-11-16(2,13-17-3)14-18(4)12-15-9-7-6-8-10-15/h15,17H,5-14H2,1-4H3. The molecule has 0 aromatic rings. The monoisotopic (exact) mass is 254 g/mol. The first-order valence-electron chi connectivity index (χ1n) is 7.93. The van der Waals surface area contributed by atoms with Crippen LogP contribution in [-0.4, -0.2) is 38.6 Å². The van der Waals surface area contributed by atoms with Gasteiger partial charge < -0.3 is 10.2 Å². The summed E-state index contributed by atoms with van der Waals surface area (Å²) in [5, 5.41) is 3.38. The first kappa shape index (κ1) is 16.0. The zero-order valence-corrected chi connectivity index (χ0v) is 13.1. The molecular formula is C16H34N2. The second kappa shape index (κ2) is 8.16. The van der Waals surface area contributed by atoms with Crippen LogP contribution in [0.1, 0.15) is 58.8 Å². The summed E-state index contributed by atoms with van der Waals surface area (Å²) in [5.74, 6) is 0.962. The maximum atomic E-state index is 3.38. The smallest absolute Gasteiger partial charge is 0.00445 e. The zero-order valence-electron chi connectivity index (χ0n) is 13.1. The van der Waals surface area contributed by atoms with Crippen molar-refractivity contribution in [1.82, 2.24) is 10.2 Å². The molecule has 0 amide bonds. The molecule has 2 heteroatoms. The second-order valence-corrected chi connectivity index (χ2v) is 6.79. The molecule has 0 heterocycles. The molecular weight excluding hydrogens is 220 g/mol. The molecule has 1 fully saturated rings. The molecule has 1 saturated carbocycles. The Morgan fingerprint density at radius 3 is 2.44 bits per heavy atom. The quantitative estimate of drug-likeness (QED) is 0.713. The van der Waals surface area contributed by atoms with E-state index in [-0.39, 0.29) is 0 Å². The highest BCUT2D eigenvalue weighted by molar-refractivity contribution is 4.80. The van der Waals surface area contributed by atoms with Crippen molar-refractivity contribution in [3.05, 3.63) is 0 Å². The summed E-state index contributed by atoms with van der Waals surface area (Å²) in [6.07, 6.45) is 9.91. The van der Waals surface area contributed by atoms with Gasteiger partial charge >= 0.3 is 0 Å². The van der Waals surface area contributed by atoms with Crippen molar-refractivity contribution in [3.63, 3.8) is 0 Å². The minimum absolute atomic E-state index is 0.437. The van der Waals surface area contributed by atoms with Gasteiger partial charge in [-0.3, -0.25) is 0 Å². The summed E-state index contributed by atoms with van der Waals surface area (Å²) in [5.41, 5.74) is 0.437. The van der Waals surface area contributed by atoms with Crippen molar-refractivity contribution >= 4 is 0 Å². The third-order valence-corrected chi connectivity index (χ3v) is 4.40. The van der Waals surface area contributed by atoms with Gasteiger partial charge in [-0.2, -0.15) is 0 Å². The summed E-state index contributed by atoms with van der Waals surface area (Å²) in [6, 6.07) is 0. The molecule has 0 spiro atoms. The lowest BCUT2D eigenvalue weighted by atomic mass is 9.84. The predicted molar refractivity (Wildman–Crippen MR) is 81.0 cm³/mol. The molecule has 1 atom stereocenters. The summed E-state index contributed by atoms with van der Waals surface area (Å²) >= 11 is 0. The highest BCUT2D eigenvalue weighted by atomic mass is 15.1. The lowest BCUT2D eigenvalue weighted by Crippen LogP contribution is -2.41. The molecule has 0 saturated heterocycles. The Morgan fingerprint density at radius 1 is 1.22 bits per heavy atom. The van der Waals surface area contributed by atoms with Crippen molar-refractivity contribution in [2.45, 2.75) is 58.8 Å². The van der Waals surface area contributed by atoms with Crippen molar-refractivity contribution in [2.75, 3.05) is 33.7 Å². The molecule has 0 aromatic heterocycles. The summed E-state index contributed by atoms with van der Waals surface area (Å²) < 4.78 is 0. The van der Waals surface area contributed by atoms with Gasteiger partial charge in [-0.15, -0.1) is 0 Å². The average Bonchev–Trinajstić information content (AvgIpc) is 2.30. The van der Waals surface area contributed by atoms with Gasteiger partial charge in [-0.25, -0.2) is 0 Å². The summed E-state index contributed by atoms with van der Waals surface area (Å²) in [6.45, 7) is 8.41. The SMILES string of the molecule is CCCC(C)(CNC)CN(C)CC1CCCCC1. The van der Waals surface area contributed by atoms with Crippen molar-refractivity contribution in [2.24, 2.45) is 11.3 Å². The summed E-state index contributed by atoms with van der Waals surface area (Å²) in [7, 11) is 4.40. The molecule has 0 aliphatic heterocycles. The highest BCUT2D eigenvalue weighted by Crippen LogP contribution is 2.27. The van der Waals surface area contributed by atoms with Gasteiger partial charge in [-0.05, 0) is 44.7 Å². The lowest BCUT2D eigenvalue weighted by Gasteiger charge is -2.36. The lowest BCUT2D eigenvalue weighted by molar-refractivity contribution is 0.147. The van der Waals surface area contributed by atoms with Gasteiger partial charge in [-0.1, -0.05) is 39.5 Å². The van der Waals surface area contributed by atoms with E-state index >= 15 is 0 Å². The van der Waals surface area contributed by atoms with Crippen molar-refractivity contribution < 1.29 is 0 Å². The van der Waals surface area contributed by atoms with E-state index in [1.807, 2.05) is 0 Å². The van der Waals surface area contributed by atoms with Crippen LogP contribution in [0.2, 0.25) is 0 Å². The molecule has 2 nitrogen and oxygen atoms in total. The second-order valence-electron chi connectivity index (χ2n) is 6.79. The fourth-order valence-corrected chi connectivity index (χ4v) is 3.78. The van der Waals surface area contributed by atoms with Crippen molar-refractivity contribution in [1.29, 1.82) is 0 Å². The molecule has 0 radical (unpaired) electrons. The van der Waals surface area contributed by atoms with Gasteiger partial charge in [0.25, 0.3) is 0 Å². The summed E-state index contributed by atoms with van der Waals surface area (Å²) in [4.78, 5) is 2.59. The van der Waals surface area contributed by atoms with Crippen LogP contribution in [0.3, 0.4) is 0 Å². The van der Waals surface area contributed by atoms with Gasteiger partial charge in [0, 0.05) is 19.6 Å². The number of rotatable bonds is 8. The molecule has 1 aliphatic rings. The Balaban J connectivity index is 2.37. The maximum Gasteiger partial charge on any atom is 0.00445 e. The minimum atomic E-state index is 0.437. The van der Waals surface area contributed by atoms with Gasteiger partial charge in [0.15, 0.2) is 0 Å². The van der Waals surface area contributed by atoms with E-state index in [1.54, 1.807) is 0 Å². The molecule has 1 rings (SSSR count). The van der Waals surface area contributed by atoms with Crippen LogP contribution in [0.15, 0.2) is 0 Å². The molecule has 108 valence electrons. The topological polar surface area (TPSA) is 15.3 Å². The van der Waals surface area contributed by atoms with E-state index in [4.69, 9.17) is 0 Å². The molecule has 0 aromatic carbocycles. The van der Waals surface area contributed by atoms with Gasteiger partial charge in [0.2, 0.25) is 0 Å². The Morgan fingerprint density at radius 2 is 1.89 bits per heavy atom. The average molecular weight is 254 g/mol. The fourth-order valence-electron chi connectivity index (χ4n) is 3.78. The van der Waals surface area contributed by atoms with Crippen LogP contribution in [0.25, 0.3) is 0 Å². The third-order valence-electron chi connectivity index (χ3n) is 4.40. The van der Waals surface area contributed by atoms with Crippen LogP contribution in [0.5, 0.6) is 0 Å². The van der Waals surface area contributed by atoms with Crippen LogP contribution < -0.4 is 5.32 Å². The van der Waals surface area contributed by atoms with E-state index in [0.29, 0.717) is 5.41 Å². The Kier molecular flexibility index (Phi) is 7.25. The Labute approximate surface area is 115 Å². The minimum Gasteiger partial charge on any atom is -0.319 e. The normalized spacial score (nSPS) is 21.2. The number of hydrogen-bond donors (Lipinski definition) is 1. The van der Waals surface area contributed by atoms with Crippen LogP contribution in [-0.2, 0) is 0 Å². The highest BCUT2D eigenvalue weighted by Gasteiger charge is 2.25. The van der Waals surface area contributed by atoms with E-state index in [0.717, 1.165) is 12.5 Å². The Hall–Kier alpha value is -0.0800. The van der Waals surface area contributed by atoms with Crippen LogP contribution in [0.4, 0.5) is 0 Å². The fraction of sp³-hybridized carbons (Fsp3) is 1.00. The largest absolute Gasteiger partial charge is 0.319 e. The molecule has 1 unspecified atom stereocenters. The van der Waals surface area contributed by atoms with E-state index in [2.05, 4.69) is 38.2 Å². The third kappa shape index (κ3) is 5.71. The van der Waals surface area contributed by atoms with E-state index in [1.165, 1.54) is 58.0 Å². The molecule has 18 heavy (non-hydrogen) atoms. The molecule has 0 bridgehead atoms. The molecule has 1 N–H and O–H groups in total. The zero-order chi connectivity index (χ0) is 13.4. The number of nitrogens with one attached hydrogen (secondary N) is 1. The van der Waals surface area contributed by atoms with Crippen LogP contribution in [0, 0.1) is 11.3 Å². The van der Waals surface area contributed by atoms with Crippen LogP contribution >= 0.6 is 0 Å². The first-order chi connectivity index (χ1) is 8.59. The number of hydrogen-bond acceptors (Lipinski definition) is 2. The number of nitrogens with zero attached hydrogens (tertiary/aromatic N) is 1. The van der Waals surface area contributed by atoms with E-state index < -0.39 is 0 Å². The van der Waals surface area contributed by atoms with Crippen molar-refractivity contribution in [3.8, 4) is 0 Å². The molecule has 1 aliphatic carbocycles. The van der Waals surface area contributed by atoms with Gasteiger partial charge in [0.05, 0.1) is 0 Å².